The average molecular weight is 229 g/mol. The highest BCUT2D eigenvalue weighted by Crippen LogP contribution is 2.30. The largest absolute Gasteiger partial charge is 0.493 e. The Labute approximate surface area is 102 Å². The number of hydrogen-bond acceptors (Lipinski definition) is 3. The molecule has 0 saturated heterocycles. The summed E-state index contributed by atoms with van der Waals surface area (Å²) in [6.07, 6.45) is 3.83. The summed E-state index contributed by atoms with van der Waals surface area (Å²) in [5, 5.41) is 8.51. The molecule has 0 spiro atoms. The average Bonchev–Trinajstić information content (AvgIpc) is 2.36. The first kappa shape index (κ1) is 12.9. The number of benzene rings is 1. The van der Waals surface area contributed by atoms with E-state index in [0.29, 0.717) is 11.5 Å². The van der Waals surface area contributed by atoms with Crippen LogP contribution in [0.2, 0.25) is 0 Å². The van der Waals surface area contributed by atoms with Gasteiger partial charge in [-0.25, -0.2) is 0 Å². The van der Waals surface area contributed by atoms with Crippen LogP contribution >= 0.6 is 0 Å². The Hall–Kier alpha value is -2.21. The summed E-state index contributed by atoms with van der Waals surface area (Å²) in [6.45, 7) is 5.87. The molecule has 0 heterocycles. The first-order chi connectivity index (χ1) is 8.22. The van der Waals surface area contributed by atoms with Crippen molar-refractivity contribution in [3.63, 3.8) is 0 Å². The van der Waals surface area contributed by atoms with Crippen molar-refractivity contribution >= 4 is 5.57 Å². The maximum atomic E-state index is 8.51. The highest BCUT2D eigenvalue weighted by Gasteiger charge is 2.06. The van der Waals surface area contributed by atoms with Crippen LogP contribution in [0, 0.1) is 11.3 Å². The van der Waals surface area contributed by atoms with Gasteiger partial charge in [0.05, 0.1) is 7.11 Å². The minimum Gasteiger partial charge on any atom is -0.493 e. The Morgan fingerprint density at radius 2 is 2.24 bits per heavy atom. The number of rotatable bonds is 5. The summed E-state index contributed by atoms with van der Waals surface area (Å²) < 4.78 is 10.4. The van der Waals surface area contributed by atoms with E-state index in [1.807, 2.05) is 37.3 Å². The SMILES string of the molecule is C=C(C=CC)c1ccc(OC)c(OCC#N)c1. The van der Waals surface area contributed by atoms with Gasteiger partial charge in [-0.05, 0) is 30.2 Å². The van der Waals surface area contributed by atoms with Gasteiger partial charge in [0.1, 0.15) is 6.07 Å². The van der Waals surface area contributed by atoms with E-state index in [0.717, 1.165) is 11.1 Å². The third-order valence-electron chi connectivity index (χ3n) is 2.19. The topological polar surface area (TPSA) is 42.2 Å². The Bertz CT molecular complexity index is 470. The van der Waals surface area contributed by atoms with Crippen LogP contribution < -0.4 is 9.47 Å². The summed E-state index contributed by atoms with van der Waals surface area (Å²) in [5.74, 6) is 1.16. The third kappa shape index (κ3) is 3.39. The lowest BCUT2D eigenvalue weighted by atomic mass is 10.1. The summed E-state index contributed by atoms with van der Waals surface area (Å²) in [6, 6.07) is 7.45. The molecule has 0 radical (unpaired) electrons. The number of ether oxygens (including phenoxy) is 2. The lowest BCUT2D eigenvalue weighted by Crippen LogP contribution is -1.97. The zero-order chi connectivity index (χ0) is 12.7. The quantitative estimate of drug-likeness (QED) is 0.728. The third-order valence-corrected chi connectivity index (χ3v) is 2.19. The molecule has 1 aromatic carbocycles. The van der Waals surface area contributed by atoms with Crippen LogP contribution in [0.5, 0.6) is 11.5 Å². The van der Waals surface area contributed by atoms with E-state index in [1.165, 1.54) is 0 Å². The van der Waals surface area contributed by atoms with Crippen molar-refractivity contribution in [1.82, 2.24) is 0 Å². The van der Waals surface area contributed by atoms with Crippen LogP contribution in [0.15, 0.2) is 36.9 Å². The van der Waals surface area contributed by atoms with Crippen molar-refractivity contribution in [2.75, 3.05) is 13.7 Å². The molecule has 0 aliphatic carbocycles. The maximum absolute atomic E-state index is 8.51. The Morgan fingerprint density at radius 3 is 2.82 bits per heavy atom. The zero-order valence-electron chi connectivity index (χ0n) is 10.1. The van der Waals surface area contributed by atoms with E-state index >= 15 is 0 Å². The smallest absolute Gasteiger partial charge is 0.174 e. The fraction of sp³-hybridized carbons (Fsp3) is 0.214. The Balaban J connectivity index is 3.04. The molecule has 0 N–H and O–H groups in total. The van der Waals surface area contributed by atoms with Crippen molar-refractivity contribution in [2.45, 2.75) is 6.92 Å². The molecule has 3 nitrogen and oxygen atoms in total. The van der Waals surface area contributed by atoms with Gasteiger partial charge < -0.3 is 9.47 Å². The van der Waals surface area contributed by atoms with E-state index in [9.17, 15) is 0 Å². The number of methoxy groups -OCH3 is 1. The molecule has 0 aliphatic rings. The highest BCUT2D eigenvalue weighted by atomic mass is 16.5. The minimum atomic E-state index is -0.00406. The fourth-order valence-corrected chi connectivity index (χ4v) is 1.40. The van der Waals surface area contributed by atoms with Gasteiger partial charge in [0.2, 0.25) is 0 Å². The number of hydrogen-bond donors (Lipinski definition) is 0. The van der Waals surface area contributed by atoms with Crippen LogP contribution in [-0.2, 0) is 0 Å². The Morgan fingerprint density at radius 1 is 1.47 bits per heavy atom. The predicted octanol–water partition coefficient (Wildman–Crippen LogP) is 3.19. The molecule has 0 fully saturated rings. The van der Waals surface area contributed by atoms with Crippen molar-refractivity contribution in [2.24, 2.45) is 0 Å². The van der Waals surface area contributed by atoms with E-state index in [1.54, 1.807) is 13.2 Å². The molecule has 0 amide bonds. The second-order valence-corrected chi connectivity index (χ2v) is 3.34. The molecule has 0 bridgehead atoms. The fourth-order valence-electron chi connectivity index (χ4n) is 1.40. The van der Waals surface area contributed by atoms with Gasteiger partial charge in [0.25, 0.3) is 0 Å². The van der Waals surface area contributed by atoms with Crippen LogP contribution in [0.3, 0.4) is 0 Å². The molecule has 1 aromatic rings. The monoisotopic (exact) mass is 229 g/mol. The second kappa shape index (κ2) is 6.39. The van der Waals surface area contributed by atoms with Crippen molar-refractivity contribution in [3.8, 4) is 17.6 Å². The first-order valence-corrected chi connectivity index (χ1v) is 5.22. The number of allylic oxidation sites excluding steroid dienone is 3. The van der Waals surface area contributed by atoms with Gasteiger partial charge in [-0.1, -0.05) is 24.8 Å². The van der Waals surface area contributed by atoms with Crippen molar-refractivity contribution in [1.29, 1.82) is 5.26 Å². The van der Waals surface area contributed by atoms with Crippen LogP contribution in [0.25, 0.3) is 5.57 Å². The summed E-state index contributed by atoms with van der Waals surface area (Å²) in [5.41, 5.74) is 1.83. The molecule has 1 rings (SSSR count). The minimum absolute atomic E-state index is 0.00406. The molecule has 17 heavy (non-hydrogen) atoms. The van der Waals surface area contributed by atoms with Gasteiger partial charge in [0.15, 0.2) is 18.1 Å². The lowest BCUT2D eigenvalue weighted by Gasteiger charge is -2.10. The molecular formula is C14H15NO2. The number of nitrogens with zero attached hydrogens (tertiary/aromatic N) is 1. The van der Waals surface area contributed by atoms with Gasteiger partial charge in [-0.2, -0.15) is 5.26 Å². The molecule has 0 unspecified atom stereocenters. The summed E-state index contributed by atoms with van der Waals surface area (Å²) in [4.78, 5) is 0. The molecule has 3 heteroatoms. The molecule has 0 aliphatic heterocycles. The molecular weight excluding hydrogens is 214 g/mol. The lowest BCUT2D eigenvalue weighted by molar-refractivity contribution is 0.329. The maximum Gasteiger partial charge on any atom is 0.174 e. The van der Waals surface area contributed by atoms with Crippen LogP contribution in [-0.4, -0.2) is 13.7 Å². The van der Waals surface area contributed by atoms with Crippen molar-refractivity contribution in [3.05, 3.63) is 42.5 Å². The normalized spacial score (nSPS) is 9.94. The van der Waals surface area contributed by atoms with Gasteiger partial charge in [0, 0.05) is 0 Å². The van der Waals surface area contributed by atoms with Gasteiger partial charge in [-0.3, -0.25) is 0 Å². The van der Waals surface area contributed by atoms with E-state index in [2.05, 4.69) is 6.58 Å². The van der Waals surface area contributed by atoms with E-state index < -0.39 is 0 Å². The van der Waals surface area contributed by atoms with E-state index in [4.69, 9.17) is 14.7 Å². The van der Waals surface area contributed by atoms with Crippen LogP contribution in [0.4, 0.5) is 0 Å². The standard InChI is InChI=1S/C14H15NO2/c1-4-5-11(2)12-6-7-13(16-3)14(10-12)17-9-8-15/h4-7,10H,2,9H2,1,3H3. The van der Waals surface area contributed by atoms with Crippen molar-refractivity contribution < 1.29 is 9.47 Å². The molecule has 0 atom stereocenters. The molecule has 88 valence electrons. The zero-order valence-corrected chi connectivity index (χ0v) is 10.1. The predicted molar refractivity (Wildman–Crippen MR) is 68.0 cm³/mol. The second-order valence-electron chi connectivity index (χ2n) is 3.34. The van der Waals surface area contributed by atoms with E-state index in [-0.39, 0.29) is 6.61 Å². The first-order valence-electron chi connectivity index (χ1n) is 5.22. The summed E-state index contributed by atoms with van der Waals surface area (Å²) >= 11 is 0. The summed E-state index contributed by atoms with van der Waals surface area (Å²) in [7, 11) is 1.56. The van der Waals surface area contributed by atoms with Gasteiger partial charge in [-0.15, -0.1) is 0 Å². The highest BCUT2D eigenvalue weighted by molar-refractivity contribution is 5.73. The Kier molecular flexibility index (Phi) is 4.83. The molecule has 0 saturated carbocycles. The van der Waals surface area contributed by atoms with Crippen LogP contribution in [0.1, 0.15) is 12.5 Å². The number of nitriles is 1. The molecule has 0 aromatic heterocycles. The van der Waals surface area contributed by atoms with Gasteiger partial charge >= 0.3 is 0 Å².